The van der Waals surface area contributed by atoms with Crippen molar-refractivity contribution < 1.29 is 13.2 Å². The number of fused-ring (bicyclic) bond motifs is 1. The molecule has 3 aromatic rings. The van der Waals surface area contributed by atoms with Gasteiger partial charge in [-0.2, -0.15) is 13.2 Å². The normalized spacial score (nSPS) is 16.9. The second-order valence-electron chi connectivity index (χ2n) is 6.64. The second kappa shape index (κ2) is 6.82. The van der Waals surface area contributed by atoms with Crippen LogP contribution in [0.3, 0.4) is 0 Å². The van der Waals surface area contributed by atoms with E-state index in [2.05, 4.69) is 29.0 Å². The minimum absolute atomic E-state index is 0.459. The first-order valence-corrected chi connectivity index (χ1v) is 9.01. The van der Waals surface area contributed by atoms with Gasteiger partial charge in [-0.25, -0.2) is 9.98 Å². The van der Waals surface area contributed by atoms with Crippen LogP contribution in [0, 0.1) is 6.92 Å². The van der Waals surface area contributed by atoms with Crippen LogP contribution in [0.25, 0.3) is 11.0 Å². The summed E-state index contributed by atoms with van der Waals surface area (Å²) in [7, 11) is 0. The van der Waals surface area contributed by atoms with Crippen molar-refractivity contribution in [1.82, 2.24) is 9.55 Å². The first kappa shape index (κ1) is 18.3. The summed E-state index contributed by atoms with van der Waals surface area (Å²) in [5.74, 6) is 0.789. The number of anilines is 1. The molecule has 28 heavy (non-hydrogen) atoms. The Labute approximate surface area is 160 Å². The summed E-state index contributed by atoms with van der Waals surface area (Å²) in [5.41, 5.74) is 2.95. The number of allylic oxidation sites excluding steroid dienone is 1. The standard InChI is InChI=1S/C21H19F3N4/c1-3-15-5-10-18-19(13-15)28(14(2)26-18)20-25-11-4-12-27(20)17-8-6-16(7-9-17)21(22,23)24/h4-13,20H,3H2,1-2H3. The van der Waals surface area contributed by atoms with Crippen LogP contribution in [-0.2, 0) is 12.6 Å². The molecule has 0 saturated heterocycles. The van der Waals surface area contributed by atoms with E-state index in [1.807, 2.05) is 28.7 Å². The van der Waals surface area contributed by atoms with Crippen molar-refractivity contribution >= 4 is 22.9 Å². The molecule has 0 fully saturated rings. The average Bonchev–Trinajstić information content (AvgIpc) is 3.02. The van der Waals surface area contributed by atoms with Crippen molar-refractivity contribution in [3.8, 4) is 0 Å². The van der Waals surface area contributed by atoms with Gasteiger partial charge in [-0.05, 0) is 61.4 Å². The molecule has 1 aromatic heterocycles. The number of nitrogens with zero attached hydrogens (tertiary/aromatic N) is 4. The van der Waals surface area contributed by atoms with Crippen LogP contribution in [0.1, 0.15) is 30.2 Å². The highest BCUT2D eigenvalue weighted by Crippen LogP contribution is 2.34. The summed E-state index contributed by atoms with van der Waals surface area (Å²) in [6, 6.07) is 11.2. The number of alkyl halides is 3. The zero-order valence-electron chi connectivity index (χ0n) is 15.5. The number of hydrogen-bond donors (Lipinski definition) is 0. The first-order chi connectivity index (χ1) is 13.4. The highest BCUT2D eigenvalue weighted by atomic mass is 19.4. The smallest absolute Gasteiger partial charge is 0.308 e. The largest absolute Gasteiger partial charge is 0.416 e. The molecule has 0 N–H and O–H groups in total. The molecule has 1 aliphatic heterocycles. The van der Waals surface area contributed by atoms with E-state index in [4.69, 9.17) is 0 Å². The summed E-state index contributed by atoms with van der Waals surface area (Å²) < 4.78 is 40.7. The maximum absolute atomic E-state index is 12.9. The van der Waals surface area contributed by atoms with Crippen LogP contribution in [0.15, 0.2) is 59.7 Å². The molecule has 0 aliphatic carbocycles. The summed E-state index contributed by atoms with van der Waals surface area (Å²) >= 11 is 0. The zero-order valence-corrected chi connectivity index (χ0v) is 15.5. The molecule has 1 atom stereocenters. The molecule has 1 aliphatic rings. The van der Waals surface area contributed by atoms with Gasteiger partial charge in [0.2, 0.25) is 6.29 Å². The third-order valence-corrected chi connectivity index (χ3v) is 4.86. The van der Waals surface area contributed by atoms with Gasteiger partial charge in [-0.1, -0.05) is 13.0 Å². The minimum Gasteiger partial charge on any atom is -0.308 e. The molecule has 144 valence electrons. The lowest BCUT2D eigenvalue weighted by Gasteiger charge is -2.31. The average molecular weight is 384 g/mol. The van der Waals surface area contributed by atoms with Crippen LogP contribution in [0.5, 0.6) is 0 Å². The van der Waals surface area contributed by atoms with E-state index in [1.54, 1.807) is 12.3 Å². The molecule has 4 nitrogen and oxygen atoms in total. The Morgan fingerprint density at radius 2 is 1.82 bits per heavy atom. The van der Waals surface area contributed by atoms with Gasteiger partial charge < -0.3 is 4.90 Å². The number of benzene rings is 2. The van der Waals surface area contributed by atoms with Crippen molar-refractivity contribution in [2.24, 2.45) is 4.99 Å². The number of halogens is 3. The highest BCUT2D eigenvalue weighted by Gasteiger charge is 2.31. The molecule has 2 heterocycles. The molecule has 1 unspecified atom stereocenters. The number of aryl methyl sites for hydroxylation is 2. The van der Waals surface area contributed by atoms with Crippen molar-refractivity contribution in [2.75, 3.05) is 4.90 Å². The number of aliphatic imine (C=N–C) groups is 1. The Bertz CT molecular complexity index is 1060. The molecule has 0 radical (unpaired) electrons. The van der Waals surface area contributed by atoms with Crippen LogP contribution in [0.2, 0.25) is 0 Å². The lowest BCUT2D eigenvalue weighted by molar-refractivity contribution is -0.137. The van der Waals surface area contributed by atoms with E-state index >= 15 is 0 Å². The molecule has 4 rings (SSSR count). The lowest BCUT2D eigenvalue weighted by Crippen LogP contribution is -2.29. The van der Waals surface area contributed by atoms with Gasteiger partial charge in [0.15, 0.2) is 0 Å². The molecule has 2 aromatic carbocycles. The fourth-order valence-corrected chi connectivity index (χ4v) is 3.41. The number of hydrogen-bond acceptors (Lipinski definition) is 3. The molecule has 0 bridgehead atoms. The zero-order chi connectivity index (χ0) is 19.9. The Hall–Kier alpha value is -3.09. The molecule has 0 amide bonds. The maximum Gasteiger partial charge on any atom is 0.416 e. The molecular weight excluding hydrogens is 365 g/mol. The summed E-state index contributed by atoms with van der Waals surface area (Å²) in [5, 5.41) is 0. The second-order valence-corrected chi connectivity index (χ2v) is 6.64. The van der Waals surface area contributed by atoms with Crippen molar-refractivity contribution in [3.63, 3.8) is 0 Å². The van der Waals surface area contributed by atoms with Gasteiger partial charge in [0.1, 0.15) is 5.82 Å². The maximum atomic E-state index is 12.9. The first-order valence-electron chi connectivity index (χ1n) is 9.01. The van der Waals surface area contributed by atoms with E-state index in [0.29, 0.717) is 5.69 Å². The Balaban J connectivity index is 1.78. The van der Waals surface area contributed by atoms with Gasteiger partial charge >= 0.3 is 6.18 Å². The van der Waals surface area contributed by atoms with Gasteiger partial charge in [-0.15, -0.1) is 0 Å². The SMILES string of the molecule is CCc1ccc2nc(C)n(C3N=CC=CN3c3ccc(C(F)(F)F)cc3)c2c1. The van der Waals surface area contributed by atoms with E-state index in [9.17, 15) is 13.2 Å². The Kier molecular flexibility index (Phi) is 4.45. The van der Waals surface area contributed by atoms with Crippen LogP contribution in [-0.4, -0.2) is 15.8 Å². The summed E-state index contributed by atoms with van der Waals surface area (Å²) in [6.45, 7) is 4.00. The predicted octanol–water partition coefficient (Wildman–Crippen LogP) is 5.49. The van der Waals surface area contributed by atoms with E-state index in [-0.39, 0.29) is 0 Å². The Morgan fingerprint density at radius 1 is 1.07 bits per heavy atom. The molecular formula is C21H19F3N4. The van der Waals surface area contributed by atoms with Crippen molar-refractivity contribution in [2.45, 2.75) is 32.7 Å². The highest BCUT2D eigenvalue weighted by molar-refractivity contribution is 5.79. The topological polar surface area (TPSA) is 33.4 Å². The fraction of sp³-hybridized carbons (Fsp3) is 0.238. The third-order valence-electron chi connectivity index (χ3n) is 4.86. The van der Waals surface area contributed by atoms with Crippen LogP contribution in [0.4, 0.5) is 18.9 Å². The Morgan fingerprint density at radius 3 is 2.50 bits per heavy atom. The van der Waals surface area contributed by atoms with Crippen molar-refractivity contribution in [3.05, 3.63) is 71.7 Å². The van der Waals surface area contributed by atoms with Crippen LogP contribution < -0.4 is 4.90 Å². The fourth-order valence-electron chi connectivity index (χ4n) is 3.41. The van der Waals surface area contributed by atoms with Gasteiger partial charge in [0.25, 0.3) is 0 Å². The lowest BCUT2D eigenvalue weighted by atomic mass is 10.1. The van der Waals surface area contributed by atoms with Gasteiger partial charge in [-0.3, -0.25) is 4.57 Å². The summed E-state index contributed by atoms with van der Waals surface area (Å²) in [6.07, 6.45) is 1.35. The molecule has 0 saturated carbocycles. The number of aromatic nitrogens is 2. The monoisotopic (exact) mass is 384 g/mol. The van der Waals surface area contributed by atoms with E-state index < -0.39 is 18.0 Å². The predicted molar refractivity (Wildman–Crippen MR) is 104 cm³/mol. The number of rotatable bonds is 3. The summed E-state index contributed by atoms with van der Waals surface area (Å²) in [4.78, 5) is 11.1. The van der Waals surface area contributed by atoms with Gasteiger partial charge in [0.05, 0.1) is 16.6 Å². The van der Waals surface area contributed by atoms with E-state index in [1.165, 1.54) is 17.7 Å². The van der Waals surface area contributed by atoms with Crippen LogP contribution >= 0.6 is 0 Å². The van der Waals surface area contributed by atoms with Gasteiger partial charge in [0, 0.05) is 18.1 Å². The molecule has 7 heteroatoms. The van der Waals surface area contributed by atoms with E-state index in [0.717, 1.165) is 35.4 Å². The van der Waals surface area contributed by atoms with Crippen molar-refractivity contribution in [1.29, 1.82) is 0 Å². The minimum atomic E-state index is -4.36. The number of imidazole rings is 1. The quantitative estimate of drug-likeness (QED) is 0.599. The molecule has 0 spiro atoms. The third kappa shape index (κ3) is 3.17.